The summed E-state index contributed by atoms with van der Waals surface area (Å²) in [6, 6.07) is 21.5. The number of amidine groups is 1. The predicted molar refractivity (Wildman–Crippen MR) is 146 cm³/mol. The van der Waals surface area contributed by atoms with Gasteiger partial charge in [-0.05, 0) is 72.8 Å². The maximum absolute atomic E-state index is 12.9. The number of benzene rings is 3. The molecule has 0 unspecified atom stereocenters. The minimum Gasteiger partial charge on any atom is -0.493 e. The molecule has 1 aliphatic heterocycles. The lowest BCUT2D eigenvalue weighted by molar-refractivity contribution is -0.121. The van der Waals surface area contributed by atoms with E-state index in [1.165, 1.54) is 16.7 Å². The van der Waals surface area contributed by atoms with Crippen LogP contribution in [-0.2, 0) is 16.1 Å². The van der Waals surface area contributed by atoms with Crippen LogP contribution in [0.15, 0.2) is 76.6 Å². The summed E-state index contributed by atoms with van der Waals surface area (Å²) < 4.78 is 16.4. The summed E-state index contributed by atoms with van der Waals surface area (Å²) in [7, 11) is 3.21. The van der Waals surface area contributed by atoms with Crippen LogP contribution in [0.25, 0.3) is 6.08 Å². The summed E-state index contributed by atoms with van der Waals surface area (Å²) in [6.07, 6.45) is 1.77. The van der Waals surface area contributed by atoms with Crippen molar-refractivity contribution in [3.8, 4) is 17.6 Å². The molecule has 1 amide bonds. The topological polar surface area (TPSA) is 101 Å². The monoisotopic (exact) mass is 527 g/mol. The Kier molecular flexibility index (Phi) is 8.46. The van der Waals surface area contributed by atoms with Gasteiger partial charge in [-0.15, -0.1) is 0 Å². The fourth-order valence-corrected chi connectivity index (χ4v) is 4.59. The van der Waals surface area contributed by atoms with Gasteiger partial charge in [0.1, 0.15) is 6.61 Å². The zero-order valence-corrected chi connectivity index (χ0v) is 22.0. The minimum atomic E-state index is -0.390. The summed E-state index contributed by atoms with van der Waals surface area (Å²) in [5.41, 5.74) is 3.15. The first-order valence-electron chi connectivity index (χ1n) is 11.8. The SMILES string of the molecule is CCOC(=O)c1ccc(N=C2SC(=Cc3ccc(OCc4ccccc4C#N)c(OC)c3)C(=O)N2C)cc1. The average Bonchev–Trinajstić information content (AvgIpc) is 3.20. The Bertz CT molecular complexity index is 1460. The molecule has 0 spiro atoms. The summed E-state index contributed by atoms with van der Waals surface area (Å²) in [5.74, 6) is 0.467. The van der Waals surface area contributed by atoms with Gasteiger partial charge < -0.3 is 14.2 Å². The van der Waals surface area contributed by atoms with Crippen LogP contribution in [0.1, 0.15) is 34.0 Å². The van der Waals surface area contributed by atoms with Crippen LogP contribution < -0.4 is 9.47 Å². The molecule has 0 N–H and O–H groups in total. The molecule has 0 atom stereocenters. The molecule has 3 aromatic carbocycles. The first-order chi connectivity index (χ1) is 18.4. The van der Waals surface area contributed by atoms with Gasteiger partial charge in [0.05, 0.1) is 41.5 Å². The Morgan fingerprint density at radius 3 is 2.58 bits per heavy atom. The normalized spacial score (nSPS) is 15.0. The van der Waals surface area contributed by atoms with Crippen molar-refractivity contribution in [2.75, 3.05) is 20.8 Å². The smallest absolute Gasteiger partial charge is 0.338 e. The molecule has 0 saturated carbocycles. The summed E-state index contributed by atoms with van der Waals surface area (Å²) >= 11 is 1.26. The van der Waals surface area contributed by atoms with E-state index in [2.05, 4.69) is 11.1 Å². The number of rotatable bonds is 8. The molecule has 0 bridgehead atoms. The average molecular weight is 528 g/mol. The Hall–Kier alpha value is -4.55. The lowest BCUT2D eigenvalue weighted by Gasteiger charge is -2.12. The standard InChI is InChI=1S/C29H25N3O5S/c1-4-36-28(34)20-10-12-23(13-11-20)31-29-32(2)27(33)26(38-29)16-19-9-14-24(25(15-19)35-3)37-18-22-8-6-5-7-21(22)17-30/h5-16H,4,18H2,1-3H3. The van der Waals surface area contributed by atoms with Crippen molar-refractivity contribution in [2.24, 2.45) is 4.99 Å². The molecule has 38 heavy (non-hydrogen) atoms. The van der Waals surface area contributed by atoms with E-state index in [4.69, 9.17) is 14.2 Å². The van der Waals surface area contributed by atoms with E-state index in [9.17, 15) is 14.9 Å². The van der Waals surface area contributed by atoms with E-state index in [1.807, 2.05) is 24.3 Å². The van der Waals surface area contributed by atoms with E-state index in [1.54, 1.807) is 69.6 Å². The zero-order chi connectivity index (χ0) is 27.1. The van der Waals surface area contributed by atoms with E-state index in [-0.39, 0.29) is 12.5 Å². The van der Waals surface area contributed by atoms with E-state index in [0.717, 1.165) is 11.1 Å². The Balaban J connectivity index is 1.49. The van der Waals surface area contributed by atoms with Gasteiger partial charge in [0.25, 0.3) is 5.91 Å². The van der Waals surface area contributed by atoms with Crippen LogP contribution in [0.2, 0.25) is 0 Å². The first-order valence-corrected chi connectivity index (χ1v) is 12.6. The minimum absolute atomic E-state index is 0.177. The van der Waals surface area contributed by atoms with Crippen LogP contribution in [-0.4, -0.2) is 42.7 Å². The molecule has 1 fully saturated rings. The summed E-state index contributed by atoms with van der Waals surface area (Å²) in [6.45, 7) is 2.28. The molecule has 9 heteroatoms. The van der Waals surface area contributed by atoms with Crippen molar-refractivity contribution in [2.45, 2.75) is 13.5 Å². The van der Waals surface area contributed by atoms with Crippen molar-refractivity contribution in [1.29, 1.82) is 5.26 Å². The molecule has 3 aromatic rings. The molecule has 0 aliphatic carbocycles. The molecular formula is C29H25N3O5S. The van der Waals surface area contributed by atoms with Crippen LogP contribution >= 0.6 is 11.8 Å². The van der Waals surface area contributed by atoms with Gasteiger partial charge >= 0.3 is 5.97 Å². The summed E-state index contributed by atoms with van der Waals surface area (Å²) in [5, 5.41) is 9.81. The van der Waals surface area contributed by atoms with Crippen LogP contribution in [0.3, 0.4) is 0 Å². The van der Waals surface area contributed by atoms with Crippen molar-refractivity contribution in [3.63, 3.8) is 0 Å². The number of amides is 1. The Morgan fingerprint density at radius 2 is 1.87 bits per heavy atom. The molecular weight excluding hydrogens is 502 g/mol. The molecule has 0 radical (unpaired) electrons. The Labute approximate surface area is 225 Å². The van der Waals surface area contributed by atoms with Crippen LogP contribution in [0, 0.1) is 11.3 Å². The number of thioether (sulfide) groups is 1. The third-order valence-electron chi connectivity index (χ3n) is 5.61. The van der Waals surface area contributed by atoms with Gasteiger partial charge in [0.2, 0.25) is 0 Å². The molecule has 4 rings (SSSR count). The van der Waals surface area contributed by atoms with Gasteiger partial charge in [-0.2, -0.15) is 5.26 Å². The number of esters is 1. The van der Waals surface area contributed by atoms with Gasteiger partial charge in [0.15, 0.2) is 16.7 Å². The van der Waals surface area contributed by atoms with Crippen LogP contribution in [0.5, 0.6) is 11.5 Å². The third kappa shape index (κ3) is 6.05. The van der Waals surface area contributed by atoms with Crippen molar-refractivity contribution < 1.29 is 23.8 Å². The van der Waals surface area contributed by atoms with Crippen molar-refractivity contribution >= 4 is 40.6 Å². The fraction of sp³-hybridized carbons (Fsp3) is 0.172. The Morgan fingerprint density at radius 1 is 1.11 bits per heavy atom. The quantitative estimate of drug-likeness (QED) is 0.279. The molecule has 1 heterocycles. The van der Waals surface area contributed by atoms with Crippen LogP contribution in [0.4, 0.5) is 5.69 Å². The molecule has 1 aliphatic rings. The fourth-order valence-electron chi connectivity index (χ4n) is 3.60. The second-order valence-corrected chi connectivity index (χ2v) is 9.11. The molecule has 1 saturated heterocycles. The lowest BCUT2D eigenvalue weighted by Crippen LogP contribution is -2.23. The molecule has 8 nitrogen and oxygen atoms in total. The second-order valence-electron chi connectivity index (χ2n) is 8.10. The highest BCUT2D eigenvalue weighted by atomic mass is 32.2. The largest absolute Gasteiger partial charge is 0.493 e. The number of nitriles is 1. The van der Waals surface area contributed by atoms with Gasteiger partial charge in [-0.25, -0.2) is 9.79 Å². The summed E-state index contributed by atoms with van der Waals surface area (Å²) in [4.78, 5) is 31.3. The van der Waals surface area contributed by atoms with E-state index >= 15 is 0 Å². The van der Waals surface area contributed by atoms with Gasteiger partial charge in [-0.3, -0.25) is 9.69 Å². The highest BCUT2D eigenvalue weighted by Crippen LogP contribution is 2.35. The lowest BCUT2D eigenvalue weighted by atomic mass is 10.1. The van der Waals surface area contributed by atoms with Gasteiger partial charge in [0, 0.05) is 12.6 Å². The number of carbonyl (C=O) groups excluding carboxylic acids is 2. The number of methoxy groups -OCH3 is 1. The third-order valence-corrected chi connectivity index (χ3v) is 6.67. The van der Waals surface area contributed by atoms with E-state index < -0.39 is 5.97 Å². The predicted octanol–water partition coefficient (Wildman–Crippen LogP) is 5.56. The van der Waals surface area contributed by atoms with E-state index in [0.29, 0.717) is 45.0 Å². The number of hydrogen-bond donors (Lipinski definition) is 0. The maximum Gasteiger partial charge on any atom is 0.338 e. The zero-order valence-electron chi connectivity index (χ0n) is 21.1. The number of likely N-dealkylation sites (N-methyl/N-ethyl adjacent to an activating group) is 1. The van der Waals surface area contributed by atoms with Crippen molar-refractivity contribution in [3.05, 3.63) is 93.9 Å². The number of nitrogens with zero attached hydrogens (tertiary/aromatic N) is 3. The first kappa shape index (κ1) is 26.5. The molecule has 192 valence electrons. The maximum atomic E-state index is 12.9. The number of ether oxygens (including phenoxy) is 3. The highest BCUT2D eigenvalue weighted by Gasteiger charge is 2.30. The number of carbonyl (C=O) groups is 2. The second kappa shape index (κ2) is 12.1. The number of hydrogen-bond acceptors (Lipinski definition) is 8. The van der Waals surface area contributed by atoms with Gasteiger partial charge in [-0.1, -0.05) is 24.3 Å². The number of aliphatic imine (C=N–C) groups is 1. The molecule has 0 aromatic heterocycles. The van der Waals surface area contributed by atoms with Crippen molar-refractivity contribution in [1.82, 2.24) is 4.90 Å². The highest BCUT2D eigenvalue weighted by molar-refractivity contribution is 8.18.